The third kappa shape index (κ3) is 3.91. The molecular formula is C14H25NO. The van der Waals surface area contributed by atoms with Crippen LogP contribution in [0.1, 0.15) is 57.8 Å². The van der Waals surface area contributed by atoms with Crippen molar-refractivity contribution < 1.29 is 4.74 Å². The highest BCUT2D eigenvalue weighted by Gasteiger charge is 2.17. The largest absolute Gasteiger partial charge is 0.378 e. The van der Waals surface area contributed by atoms with Gasteiger partial charge >= 0.3 is 0 Å². The van der Waals surface area contributed by atoms with Crippen molar-refractivity contribution in [3.05, 3.63) is 11.6 Å². The Hall–Kier alpha value is -0.340. The molecule has 2 unspecified atom stereocenters. The Balaban J connectivity index is 1.63. The average Bonchev–Trinajstić information content (AvgIpc) is 2.81. The van der Waals surface area contributed by atoms with Gasteiger partial charge in [-0.05, 0) is 57.8 Å². The van der Waals surface area contributed by atoms with Gasteiger partial charge in [-0.15, -0.1) is 0 Å². The van der Waals surface area contributed by atoms with E-state index in [2.05, 4.69) is 6.08 Å². The van der Waals surface area contributed by atoms with Crippen molar-refractivity contribution in [1.82, 2.24) is 0 Å². The second kappa shape index (κ2) is 6.41. The molecule has 2 nitrogen and oxygen atoms in total. The van der Waals surface area contributed by atoms with Crippen molar-refractivity contribution in [2.75, 3.05) is 6.61 Å². The molecule has 1 fully saturated rings. The summed E-state index contributed by atoms with van der Waals surface area (Å²) in [7, 11) is 0. The molecule has 1 aliphatic heterocycles. The molecule has 0 radical (unpaired) electrons. The van der Waals surface area contributed by atoms with E-state index in [1.807, 2.05) is 0 Å². The summed E-state index contributed by atoms with van der Waals surface area (Å²) in [6.07, 6.45) is 14.1. The fourth-order valence-electron chi connectivity index (χ4n) is 2.80. The summed E-state index contributed by atoms with van der Waals surface area (Å²) < 4.78 is 5.62. The predicted molar refractivity (Wildman–Crippen MR) is 67.4 cm³/mol. The van der Waals surface area contributed by atoms with E-state index in [9.17, 15) is 0 Å². The maximum atomic E-state index is 6.19. The van der Waals surface area contributed by atoms with E-state index in [4.69, 9.17) is 10.5 Å². The lowest BCUT2D eigenvalue weighted by molar-refractivity contribution is 0.101. The number of nitrogens with two attached hydrogens (primary N) is 1. The highest BCUT2D eigenvalue weighted by Crippen LogP contribution is 2.23. The van der Waals surface area contributed by atoms with Crippen molar-refractivity contribution in [3.8, 4) is 0 Å². The van der Waals surface area contributed by atoms with E-state index in [-0.39, 0.29) is 0 Å². The number of ether oxygens (including phenoxy) is 1. The summed E-state index contributed by atoms with van der Waals surface area (Å²) in [4.78, 5) is 0. The Morgan fingerprint density at radius 2 is 2.31 bits per heavy atom. The molecule has 1 saturated heterocycles. The molecule has 0 saturated carbocycles. The zero-order chi connectivity index (χ0) is 11.2. The average molecular weight is 223 g/mol. The van der Waals surface area contributed by atoms with Gasteiger partial charge in [-0.3, -0.25) is 0 Å². The van der Waals surface area contributed by atoms with E-state index in [1.165, 1.54) is 38.5 Å². The van der Waals surface area contributed by atoms with Gasteiger partial charge in [-0.25, -0.2) is 0 Å². The standard InChI is InChI=1S/C14H25NO/c15-13(8-9-14-7-4-10-16-14)11-12-5-2-1-3-6-12/h5,13-14H,1-4,6-11,15H2. The molecule has 0 aromatic carbocycles. The van der Waals surface area contributed by atoms with Gasteiger partial charge in [0.2, 0.25) is 0 Å². The number of hydrogen-bond acceptors (Lipinski definition) is 2. The van der Waals surface area contributed by atoms with Gasteiger partial charge < -0.3 is 10.5 Å². The lowest BCUT2D eigenvalue weighted by Crippen LogP contribution is -2.23. The van der Waals surface area contributed by atoms with Gasteiger partial charge in [0.15, 0.2) is 0 Å². The fourth-order valence-corrected chi connectivity index (χ4v) is 2.80. The van der Waals surface area contributed by atoms with Gasteiger partial charge in [-0.1, -0.05) is 11.6 Å². The van der Waals surface area contributed by atoms with Crippen molar-refractivity contribution in [2.24, 2.45) is 5.73 Å². The first-order valence-corrected chi connectivity index (χ1v) is 6.89. The second-order valence-electron chi connectivity index (χ2n) is 5.28. The molecule has 0 aromatic rings. The van der Waals surface area contributed by atoms with Crippen LogP contribution in [0.2, 0.25) is 0 Å². The van der Waals surface area contributed by atoms with Gasteiger partial charge in [-0.2, -0.15) is 0 Å². The highest BCUT2D eigenvalue weighted by atomic mass is 16.5. The predicted octanol–water partition coefficient (Wildman–Crippen LogP) is 3.16. The van der Waals surface area contributed by atoms with E-state index in [0.717, 1.165) is 25.9 Å². The van der Waals surface area contributed by atoms with Gasteiger partial charge in [0, 0.05) is 12.6 Å². The lowest BCUT2D eigenvalue weighted by Gasteiger charge is -2.18. The van der Waals surface area contributed by atoms with Crippen molar-refractivity contribution >= 4 is 0 Å². The van der Waals surface area contributed by atoms with Crippen LogP contribution in [0, 0.1) is 0 Å². The third-order valence-corrected chi connectivity index (χ3v) is 3.79. The Morgan fingerprint density at radius 3 is 3.00 bits per heavy atom. The molecule has 1 aliphatic carbocycles. The number of hydrogen-bond donors (Lipinski definition) is 1. The molecule has 2 atom stereocenters. The fraction of sp³-hybridized carbons (Fsp3) is 0.857. The van der Waals surface area contributed by atoms with Crippen molar-refractivity contribution in [1.29, 1.82) is 0 Å². The molecule has 0 spiro atoms. The van der Waals surface area contributed by atoms with Crippen LogP contribution in [0.5, 0.6) is 0 Å². The van der Waals surface area contributed by atoms with E-state index in [1.54, 1.807) is 5.57 Å². The first-order valence-electron chi connectivity index (χ1n) is 6.89. The zero-order valence-corrected chi connectivity index (χ0v) is 10.3. The SMILES string of the molecule is NC(CCC1CCCO1)CC1=CCCCC1. The summed E-state index contributed by atoms with van der Waals surface area (Å²) in [5, 5.41) is 0. The highest BCUT2D eigenvalue weighted by molar-refractivity contribution is 5.06. The van der Waals surface area contributed by atoms with Crippen LogP contribution in [-0.4, -0.2) is 18.8 Å². The normalized spacial score (nSPS) is 27.8. The minimum Gasteiger partial charge on any atom is -0.378 e. The maximum absolute atomic E-state index is 6.19. The molecule has 2 N–H and O–H groups in total. The molecule has 1 heterocycles. The number of rotatable bonds is 5. The van der Waals surface area contributed by atoms with Crippen LogP contribution in [-0.2, 0) is 4.74 Å². The molecule has 0 bridgehead atoms. The van der Waals surface area contributed by atoms with Gasteiger partial charge in [0.1, 0.15) is 0 Å². The second-order valence-corrected chi connectivity index (χ2v) is 5.28. The van der Waals surface area contributed by atoms with Crippen LogP contribution in [0.15, 0.2) is 11.6 Å². The molecule has 0 amide bonds. The lowest BCUT2D eigenvalue weighted by atomic mass is 9.92. The first kappa shape index (κ1) is 12.1. The van der Waals surface area contributed by atoms with Crippen LogP contribution in [0.4, 0.5) is 0 Å². The summed E-state index contributed by atoms with van der Waals surface area (Å²) in [5.74, 6) is 0. The topological polar surface area (TPSA) is 35.2 Å². The molecular weight excluding hydrogens is 198 g/mol. The summed E-state index contributed by atoms with van der Waals surface area (Å²) in [5.41, 5.74) is 7.79. The third-order valence-electron chi connectivity index (χ3n) is 3.79. The maximum Gasteiger partial charge on any atom is 0.0576 e. The Bertz CT molecular complexity index is 231. The van der Waals surface area contributed by atoms with Crippen molar-refractivity contribution in [2.45, 2.75) is 69.9 Å². The van der Waals surface area contributed by atoms with E-state index in [0.29, 0.717) is 12.1 Å². The molecule has 2 aliphatic rings. The molecule has 0 aromatic heterocycles. The van der Waals surface area contributed by atoms with Crippen LogP contribution in [0.25, 0.3) is 0 Å². The van der Waals surface area contributed by atoms with E-state index >= 15 is 0 Å². The van der Waals surface area contributed by atoms with Crippen molar-refractivity contribution in [3.63, 3.8) is 0 Å². The number of allylic oxidation sites excluding steroid dienone is 1. The van der Waals surface area contributed by atoms with Crippen LogP contribution in [0.3, 0.4) is 0 Å². The molecule has 2 rings (SSSR count). The minimum atomic E-state index is 0.355. The zero-order valence-electron chi connectivity index (χ0n) is 10.3. The smallest absolute Gasteiger partial charge is 0.0576 e. The quantitative estimate of drug-likeness (QED) is 0.727. The Morgan fingerprint density at radius 1 is 1.38 bits per heavy atom. The summed E-state index contributed by atoms with van der Waals surface area (Å²) >= 11 is 0. The Labute approximate surface area is 99.2 Å². The monoisotopic (exact) mass is 223 g/mol. The summed E-state index contributed by atoms with van der Waals surface area (Å²) in [6, 6.07) is 0.355. The van der Waals surface area contributed by atoms with Gasteiger partial charge in [0.05, 0.1) is 6.10 Å². The van der Waals surface area contributed by atoms with E-state index < -0.39 is 0 Å². The molecule has 2 heteroatoms. The summed E-state index contributed by atoms with van der Waals surface area (Å²) in [6.45, 7) is 0.963. The minimum absolute atomic E-state index is 0.355. The molecule has 16 heavy (non-hydrogen) atoms. The van der Waals surface area contributed by atoms with Gasteiger partial charge in [0.25, 0.3) is 0 Å². The Kier molecular flexibility index (Phi) is 4.86. The molecule has 92 valence electrons. The van der Waals surface area contributed by atoms with Crippen LogP contribution < -0.4 is 5.73 Å². The van der Waals surface area contributed by atoms with Crippen LogP contribution >= 0.6 is 0 Å². The first-order chi connectivity index (χ1) is 7.84.